The predicted molar refractivity (Wildman–Crippen MR) is 98.7 cm³/mol. The highest BCUT2D eigenvalue weighted by Gasteiger charge is 2.35. The lowest BCUT2D eigenvalue weighted by Crippen LogP contribution is -2.24. The molecule has 1 heterocycles. The van der Waals surface area contributed by atoms with E-state index < -0.39 is 23.8 Å². The lowest BCUT2D eigenvalue weighted by molar-refractivity contribution is -0.141. The van der Waals surface area contributed by atoms with Crippen molar-refractivity contribution in [2.75, 3.05) is 6.61 Å². The van der Waals surface area contributed by atoms with Gasteiger partial charge in [0.25, 0.3) is 0 Å². The number of halogens is 3. The number of hydrogen-bond donors (Lipinski definition) is 2. The van der Waals surface area contributed by atoms with Gasteiger partial charge in [-0.25, -0.2) is 9.48 Å². The van der Waals surface area contributed by atoms with Crippen LogP contribution in [0.25, 0.3) is 6.08 Å². The number of benzene rings is 1. The van der Waals surface area contributed by atoms with Crippen LogP contribution in [0.2, 0.25) is 0 Å². The van der Waals surface area contributed by atoms with Gasteiger partial charge in [-0.3, -0.25) is 5.41 Å². The van der Waals surface area contributed by atoms with Crippen LogP contribution in [-0.2, 0) is 15.7 Å². The third kappa shape index (κ3) is 4.93. The van der Waals surface area contributed by atoms with Crippen LogP contribution >= 0.6 is 0 Å². The van der Waals surface area contributed by atoms with Crippen LogP contribution < -0.4 is 0 Å². The topological polar surface area (TPSA) is 91.8 Å². The van der Waals surface area contributed by atoms with Crippen molar-refractivity contribution in [2.24, 2.45) is 0 Å². The van der Waals surface area contributed by atoms with Crippen LogP contribution in [0.15, 0.2) is 36.4 Å². The van der Waals surface area contributed by atoms with E-state index in [0.717, 1.165) is 17.0 Å². The number of carbonyl (C=O) groups excluding carboxylic acids is 1. The summed E-state index contributed by atoms with van der Waals surface area (Å²) >= 11 is 0. The summed E-state index contributed by atoms with van der Waals surface area (Å²) < 4.78 is 44.3. The molecule has 148 valence electrons. The van der Waals surface area contributed by atoms with E-state index in [2.05, 4.69) is 5.10 Å². The summed E-state index contributed by atoms with van der Waals surface area (Å²) in [6.07, 6.45) is -0.882. The molecular formula is C19H19F3N4O2. The van der Waals surface area contributed by atoms with Crippen molar-refractivity contribution in [3.63, 3.8) is 0 Å². The van der Waals surface area contributed by atoms with E-state index in [4.69, 9.17) is 15.6 Å². The van der Waals surface area contributed by atoms with E-state index >= 15 is 0 Å². The molecule has 1 aromatic carbocycles. The van der Waals surface area contributed by atoms with E-state index in [9.17, 15) is 18.0 Å². The summed E-state index contributed by atoms with van der Waals surface area (Å²) in [4.78, 5) is 11.4. The number of nitrogens with zero attached hydrogens (tertiary/aromatic N) is 2. The number of ether oxygens (including phenoxy) is 1. The molecule has 1 unspecified atom stereocenters. The van der Waals surface area contributed by atoms with Crippen molar-refractivity contribution in [3.8, 4) is 0 Å². The average Bonchev–Trinajstić information content (AvgIpc) is 3.03. The third-order valence-electron chi connectivity index (χ3n) is 3.84. The van der Waals surface area contributed by atoms with Gasteiger partial charge in [0.2, 0.25) is 0 Å². The first-order valence-electron chi connectivity index (χ1n) is 8.35. The van der Waals surface area contributed by atoms with Gasteiger partial charge < -0.3 is 10.1 Å². The first-order chi connectivity index (χ1) is 13.2. The molecule has 2 rings (SSSR count). The van der Waals surface area contributed by atoms with Crippen LogP contribution in [0.4, 0.5) is 13.2 Å². The van der Waals surface area contributed by atoms with Gasteiger partial charge in [0, 0.05) is 18.0 Å². The van der Waals surface area contributed by atoms with Crippen LogP contribution in [0.1, 0.15) is 35.4 Å². The monoisotopic (exact) mass is 392 g/mol. The Morgan fingerprint density at radius 3 is 2.64 bits per heavy atom. The molecule has 0 radical (unpaired) electrons. The summed E-state index contributed by atoms with van der Waals surface area (Å²) in [5, 5.41) is 19.4. The van der Waals surface area contributed by atoms with Crippen molar-refractivity contribution in [1.82, 2.24) is 9.78 Å². The Bertz CT molecular complexity index is 916. The molecular weight excluding hydrogens is 373 g/mol. The standard InChI is InChI=1S/C19H19F3N4O2/c1-3-28-17(27)8-7-13-5-4-6-14(10-13)15(11-23)18(24)26-12(2)9-16(25-26)19(20,21)22/h4-11,15,23-24H,3H2,1-2H3/b8-7+,23-11?,24-18?. The molecule has 0 aliphatic heterocycles. The normalized spacial score (nSPS) is 12.8. The van der Waals surface area contributed by atoms with Gasteiger partial charge in [-0.1, -0.05) is 24.3 Å². The summed E-state index contributed by atoms with van der Waals surface area (Å²) in [5.74, 6) is -1.69. The largest absolute Gasteiger partial charge is 0.463 e. The number of hydrogen-bond acceptors (Lipinski definition) is 5. The zero-order valence-electron chi connectivity index (χ0n) is 15.2. The molecule has 0 aliphatic carbocycles. The minimum atomic E-state index is -4.62. The Kier molecular flexibility index (Phi) is 6.50. The van der Waals surface area contributed by atoms with Gasteiger partial charge in [0.05, 0.1) is 12.5 Å². The fraction of sp³-hybridized carbons (Fsp3) is 0.263. The first-order valence-corrected chi connectivity index (χ1v) is 8.35. The van der Waals surface area contributed by atoms with Crippen molar-refractivity contribution in [1.29, 1.82) is 10.8 Å². The van der Waals surface area contributed by atoms with Gasteiger partial charge in [0.15, 0.2) is 5.69 Å². The van der Waals surface area contributed by atoms with Crippen LogP contribution in [0.5, 0.6) is 0 Å². The molecule has 2 aromatic rings. The smallest absolute Gasteiger partial charge is 0.435 e. The second-order valence-corrected chi connectivity index (χ2v) is 5.87. The quantitative estimate of drug-likeness (QED) is 0.336. The van der Waals surface area contributed by atoms with Crippen molar-refractivity contribution in [3.05, 3.63) is 58.9 Å². The zero-order valence-corrected chi connectivity index (χ0v) is 15.2. The lowest BCUT2D eigenvalue weighted by atomic mass is 9.97. The van der Waals surface area contributed by atoms with Crippen LogP contribution in [-0.4, -0.2) is 34.4 Å². The average molecular weight is 392 g/mol. The van der Waals surface area contributed by atoms with E-state index in [1.807, 2.05) is 0 Å². The number of nitrogens with one attached hydrogen (secondary N) is 2. The Balaban J connectivity index is 2.32. The molecule has 9 heteroatoms. The molecule has 0 bridgehead atoms. The van der Waals surface area contributed by atoms with Gasteiger partial charge in [0.1, 0.15) is 5.84 Å². The fourth-order valence-corrected chi connectivity index (χ4v) is 2.53. The Morgan fingerprint density at radius 2 is 2.07 bits per heavy atom. The van der Waals surface area contributed by atoms with E-state index in [1.54, 1.807) is 31.2 Å². The van der Waals surface area contributed by atoms with Crippen molar-refractivity contribution < 1.29 is 22.7 Å². The number of carbonyl (C=O) groups is 1. The first kappa shape index (κ1) is 21.1. The maximum absolute atomic E-state index is 12.9. The molecule has 0 saturated carbocycles. The van der Waals surface area contributed by atoms with Gasteiger partial charge in [-0.05, 0) is 37.1 Å². The molecule has 1 aromatic heterocycles. The Hall–Kier alpha value is -3.23. The van der Waals surface area contributed by atoms with Gasteiger partial charge in [-0.15, -0.1) is 0 Å². The summed E-state index contributed by atoms with van der Waals surface area (Å²) in [6.45, 7) is 3.35. The summed E-state index contributed by atoms with van der Waals surface area (Å²) in [6, 6.07) is 7.53. The number of esters is 1. The highest BCUT2D eigenvalue weighted by Crippen LogP contribution is 2.29. The number of alkyl halides is 3. The Labute approximate surface area is 159 Å². The summed E-state index contributed by atoms with van der Waals surface area (Å²) in [5.41, 5.74) is 0.181. The molecule has 0 amide bonds. The number of aromatic nitrogens is 2. The molecule has 0 aliphatic rings. The second kappa shape index (κ2) is 8.64. The van der Waals surface area contributed by atoms with Crippen LogP contribution in [0.3, 0.4) is 0 Å². The minimum absolute atomic E-state index is 0.141. The molecule has 0 spiro atoms. The summed E-state index contributed by atoms with van der Waals surface area (Å²) in [7, 11) is 0. The molecule has 0 saturated heterocycles. The Morgan fingerprint density at radius 1 is 1.36 bits per heavy atom. The molecule has 6 nitrogen and oxygen atoms in total. The third-order valence-corrected chi connectivity index (χ3v) is 3.84. The van der Waals surface area contributed by atoms with Crippen molar-refractivity contribution in [2.45, 2.75) is 25.9 Å². The number of aryl methyl sites for hydroxylation is 1. The molecule has 0 fully saturated rings. The minimum Gasteiger partial charge on any atom is -0.463 e. The van der Waals surface area contributed by atoms with Crippen molar-refractivity contribution >= 4 is 24.1 Å². The highest BCUT2D eigenvalue weighted by molar-refractivity contribution is 6.01. The maximum atomic E-state index is 12.9. The predicted octanol–water partition coefficient (Wildman–Crippen LogP) is 4.05. The SMILES string of the molecule is CCOC(=O)/C=C/c1cccc(C(C=N)C(=N)n2nc(C(F)(F)F)cc2C)c1. The second-order valence-electron chi connectivity index (χ2n) is 5.87. The number of rotatable bonds is 6. The van der Waals surface area contributed by atoms with E-state index in [0.29, 0.717) is 11.1 Å². The fourth-order valence-electron chi connectivity index (χ4n) is 2.53. The van der Waals surface area contributed by atoms with Crippen LogP contribution in [0, 0.1) is 17.7 Å². The highest BCUT2D eigenvalue weighted by atomic mass is 19.4. The lowest BCUT2D eigenvalue weighted by Gasteiger charge is -2.15. The van der Waals surface area contributed by atoms with Gasteiger partial charge in [-0.2, -0.15) is 18.3 Å². The van der Waals surface area contributed by atoms with E-state index in [1.165, 1.54) is 19.1 Å². The molecule has 2 N–H and O–H groups in total. The maximum Gasteiger partial charge on any atom is 0.435 e. The molecule has 1 atom stereocenters. The zero-order chi connectivity index (χ0) is 20.9. The van der Waals surface area contributed by atoms with E-state index in [-0.39, 0.29) is 18.1 Å². The van der Waals surface area contributed by atoms with Gasteiger partial charge >= 0.3 is 12.1 Å². The molecule has 28 heavy (non-hydrogen) atoms.